The molecule has 1 N–H and O–H groups in total. The molecule has 0 amide bonds. The average Bonchev–Trinajstić information content (AvgIpc) is 2.12. The van der Waals surface area contributed by atoms with Crippen LogP contribution < -0.4 is 0 Å². The molecule has 0 fully saturated rings. The van der Waals surface area contributed by atoms with Crippen LogP contribution in [0.2, 0.25) is 0 Å². The minimum Gasteiger partial charge on any atom is -0.506 e. The predicted molar refractivity (Wildman–Crippen MR) is 50.7 cm³/mol. The Balaban J connectivity index is 3.00. The van der Waals surface area contributed by atoms with Crippen LogP contribution in [0.3, 0.4) is 0 Å². The Kier molecular flexibility index (Phi) is 1.65. The molecule has 2 rings (SSSR count). The van der Waals surface area contributed by atoms with Crippen LogP contribution >= 0.6 is 0 Å². The molecular formula is C10H10N2O. The van der Waals surface area contributed by atoms with Crippen LogP contribution in [-0.4, -0.2) is 15.3 Å². The number of aromatic hydroxyl groups is 1. The van der Waals surface area contributed by atoms with Gasteiger partial charge in [0.25, 0.3) is 0 Å². The lowest BCUT2D eigenvalue weighted by Gasteiger charge is -2.04. The Hall–Kier alpha value is -1.64. The summed E-state index contributed by atoms with van der Waals surface area (Å²) >= 11 is 0. The Bertz CT molecular complexity index is 457. The lowest BCUT2D eigenvalue weighted by Crippen LogP contribution is -1.89. The third-order valence-corrected chi connectivity index (χ3v) is 2.18. The molecular weight excluding hydrogens is 164 g/mol. The van der Waals surface area contributed by atoms with Crippen molar-refractivity contribution in [3.8, 4) is 5.75 Å². The van der Waals surface area contributed by atoms with Crippen molar-refractivity contribution in [2.24, 2.45) is 0 Å². The first kappa shape index (κ1) is 7.98. The molecule has 0 aliphatic rings. The van der Waals surface area contributed by atoms with E-state index in [-0.39, 0.29) is 5.75 Å². The van der Waals surface area contributed by atoms with E-state index < -0.39 is 0 Å². The van der Waals surface area contributed by atoms with E-state index in [1.54, 1.807) is 0 Å². The van der Waals surface area contributed by atoms with Crippen molar-refractivity contribution < 1.29 is 5.11 Å². The van der Waals surface area contributed by atoms with Crippen molar-refractivity contribution in [3.05, 3.63) is 29.5 Å². The fraction of sp³-hybridized carbons (Fsp3) is 0.200. The summed E-state index contributed by atoms with van der Waals surface area (Å²) in [6.07, 6.45) is 1.37. The van der Waals surface area contributed by atoms with Gasteiger partial charge < -0.3 is 5.11 Å². The van der Waals surface area contributed by atoms with Crippen molar-refractivity contribution in [1.82, 2.24) is 10.2 Å². The van der Waals surface area contributed by atoms with Crippen molar-refractivity contribution >= 4 is 10.9 Å². The number of benzene rings is 1. The average molecular weight is 174 g/mol. The van der Waals surface area contributed by atoms with E-state index in [2.05, 4.69) is 10.2 Å². The van der Waals surface area contributed by atoms with Gasteiger partial charge in [-0.1, -0.05) is 12.1 Å². The zero-order chi connectivity index (χ0) is 9.42. The summed E-state index contributed by atoms with van der Waals surface area (Å²) in [5.74, 6) is 0.200. The summed E-state index contributed by atoms with van der Waals surface area (Å²) in [5.41, 5.74) is 2.83. The highest BCUT2D eigenvalue weighted by atomic mass is 16.3. The first-order chi connectivity index (χ1) is 6.20. The number of fused-ring (bicyclic) bond motifs is 1. The summed E-state index contributed by atoms with van der Waals surface area (Å²) in [6.45, 7) is 3.90. The van der Waals surface area contributed by atoms with E-state index >= 15 is 0 Å². The van der Waals surface area contributed by atoms with Crippen molar-refractivity contribution in [2.75, 3.05) is 0 Å². The molecule has 0 saturated carbocycles. The van der Waals surface area contributed by atoms with Gasteiger partial charge in [-0.3, -0.25) is 0 Å². The number of aryl methyl sites for hydroxylation is 2. The smallest absolute Gasteiger partial charge is 0.145 e. The number of aromatic nitrogens is 2. The maximum atomic E-state index is 9.57. The van der Waals surface area contributed by atoms with Gasteiger partial charge in [0, 0.05) is 5.39 Å². The van der Waals surface area contributed by atoms with Crippen LogP contribution in [-0.2, 0) is 0 Å². The number of hydrogen-bond donors (Lipinski definition) is 1. The van der Waals surface area contributed by atoms with E-state index in [1.165, 1.54) is 6.20 Å². The van der Waals surface area contributed by atoms with E-state index in [4.69, 9.17) is 0 Å². The molecule has 0 radical (unpaired) electrons. The summed E-state index contributed by atoms with van der Waals surface area (Å²) in [7, 11) is 0. The van der Waals surface area contributed by atoms with Crippen LogP contribution in [0, 0.1) is 13.8 Å². The molecule has 0 aliphatic carbocycles. The molecule has 1 aromatic carbocycles. The first-order valence-electron chi connectivity index (χ1n) is 4.10. The highest BCUT2D eigenvalue weighted by Crippen LogP contribution is 2.26. The minimum atomic E-state index is 0.200. The zero-order valence-corrected chi connectivity index (χ0v) is 7.57. The van der Waals surface area contributed by atoms with Gasteiger partial charge in [0.2, 0.25) is 0 Å². The Morgan fingerprint density at radius 3 is 2.54 bits per heavy atom. The summed E-state index contributed by atoms with van der Waals surface area (Å²) < 4.78 is 0. The lowest BCUT2D eigenvalue weighted by molar-refractivity contribution is 0.477. The van der Waals surface area contributed by atoms with Gasteiger partial charge in [0.1, 0.15) is 5.75 Å². The fourth-order valence-corrected chi connectivity index (χ4v) is 1.45. The SMILES string of the molecule is Cc1ccc(C)c2c(O)cnnc12. The monoisotopic (exact) mass is 174 g/mol. The van der Waals surface area contributed by atoms with Crippen LogP contribution in [0.25, 0.3) is 10.9 Å². The van der Waals surface area contributed by atoms with Gasteiger partial charge in [-0.15, -0.1) is 5.10 Å². The molecule has 3 nitrogen and oxygen atoms in total. The summed E-state index contributed by atoms with van der Waals surface area (Å²) in [4.78, 5) is 0. The standard InChI is InChI=1S/C10H10N2O/c1-6-3-4-7(2)10-9(6)8(13)5-11-12-10/h3-5H,1-2H3,(H,12,13). The fourth-order valence-electron chi connectivity index (χ4n) is 1.45. The molecule has 1 heterocycles. The summed E-state index contributed by atoms with van der Waals surface area (Å²) in [6, 6.07) is 3.95. The highest BCUT2D eigenvalue weighted by molar-refractivity contribution is 5.89. The number of nitrogens with zero attached hydrogens (tertiary/aromatic N) is 2. The molecule has 3 heteroatoms. The van der Waals surface area contributed by atoms with E-state index in [9.17, 15) is 5.11 Å². The molecule has 13 heavy (non-hydrogen) atoms. The van der Waals surface area contributed by atoms with Crippen LogP contribution in [0.5, 0.6) is 5.75 Å². The highest BCUT2D eigenvalue weighted by Gasteiger charge is 2.06. The van der Waals surface area contributed by atoms with Gasteiger partial charge >= 0.3 is 0 Å². The Morgan fingerprint density at radius 1 is 1.15 bits per heavy atom. The van der Waals surface area contributed by atoms with E-state index in [0.29, 0.717) is 0 Å². The maximum absolute atomic E-state index is 9.57. The zero-order valence-electron chi connectivity index (χ0n) is 7.57. The molecule has 0 unspecified atom stereocenters. The second-order valence-electron chi connectivity index (χ2n) is 3.15. The van der Waals surface area contributed by atoms with E-state index in [0.717, 1.165) is 22.0 Å². The lowest BCUT2D eigenvalue weighted by atomic mass is 10.1. The summed E-state index contributed by atoms with van der Waals surface area (Å²) in [5, 5.41) is 18.1. The molecule has 0 spiro atoms. The van der Waals surface area contributed by atoms with Gasteiger partial charge in [-0.05, 0) is 25.0 Å². The molecule has 0 bridgehead atoms. The van der Waals surface area contributed by atoms with Crippen LogP contribution in [0.4, 0.5) is 0 Å². The largest absolute Gasteiger partial charge is 0.506 e. The second-order valence-corrected chi connectivity index (χ2v) is 3.15. The van der Waals surface area contributed by atoms with Gasteiger partial charge in [0.05, 0.1) is 11.7 Å². The predicted octanol–water partition coefficient (Wildman–Crippen LogP) is 1.95. The van der Waals surface area contributed by atoms with Crippen molar-refractivity contribution in [3.63, 3.8) is 0 Å². The van der Waals surface area contributed by atoms with Crippen molar-refractivity contribution in [2.45, 2.75) is 13.8 Å². The minimum absolute atomic E-state index is 0.200. The Morgan fingerprint density at radius 2 is 1.85 bits per heavy atom. The molecule has 1 aromatic heterocycles. The van der Waals surface area contributed by atoms with Gasteiger partial charge in [0.15, 0.2) is 0 Å². The third-order valence-electron chi connectivity index (χ3n) is 2.18. The van der Waals surface area contributed by atoms with Crippen LogP contribution in [0.15, 0.2) is 18.3 Å². The van der Waals surface area contributed by atoms with Crippen molar-refractivity contribution in [1.29, 1.82) is 0 Å². The molecule has 0 aliphatic heterocycles. The Labute approximate surface area is 76.0 Å². The van der Waals surface area contributed by atoms with Gasteiger partial charge in [-0.2, -0.15) is 5.10 Å². The quantitative estimate of drug-likeness (QED) is 0.664. The molecule has 2 aromatic rings. The number of hydrogen-bond acceptors (Lipinski definition) is 3. The van der Waals surface area contributed by atoms with Gasteiger partial charge in [-0.25, -0.2) is 0 Å². The third kappa shape index (κ3) is 1.13. The number of rotatable bonds is 0. The molecule has 0 saturated heterocycles. The van der Waals surface area contributed by atoms with E-state index in [1.807, 2.05) is 26.0 Å². The maximum Gasteiger partial charge on any atom is 0.145 e. The first-order valence-corrected chi connectivity index (χ1v) is 4.10. The molecule has 0 atom stereocenters. The normalized spacial score (nSPS) is 10.6. The second kappa shape index (κ2) is 2.69. The van der Waals surface area contributed by atoms with Crippen LogP contribution in [0.1, 0.15) is 11.1 Å². The topological polar surface area (TPSA) is 46.0 Å². The molecule has 66 valence electrons.